The molecule has 1 N–H and O–H groups in total. The number of carbonyl (C=O) groups is 1. The minimum absolute atomic E-state index is 0.232. The molecule has 5 heteroatoms. The van der Waals surface area contributed by atoms with Crippen LogP contribution in [0.1, 0.15) is 21.8 Å². The van der Waals surface area contributed by atoms with Crippen molar-refractivity contribution in [3.8, 4) is 11.3 Å². The maximum Gasteiger partial charge on any atom is 0.336 e. The number of fused-ring (bicyclic) bond motifs is 1. The van der Waals surface area contributed by atoms with Gasteiger partial charge in [-0.2, -0.15) is 0 Å². The summed E-state index contributed by atoms with van der Waals surface area (Å²) in [5.74, 6) is 0.457. The van der Waals surface area contributed by atoms with E-state index in [4.69, 9.17) is 4.42 Å². The molecule has 27 heavy (non-hydrogen) atoms. The van der Waals surface area contributed by atoms with Gasteiger partial charge in [0.1, 0.15) is 11.5 Å². The van der Waals surface area contributed by atoms with Gasteiger partial charge in [-0.1, -0.05) is 46.3 Å². The van der Waals surface area contributed by atoms with Gasteiger partial charge in [0.2, 0.25) is 0 Å². The highest BCUT2D eigenvalue weighted by atomic mass is 79.9. The van der Waals surface area contributed by atoms with Crippen molar-refractivity contribution >= 4 is 45.0 Å². The zero-order valence-corrected chi connectivity index (χ0v) is 15.7. The molecule has 0 bridgehead atoms. The highest BCUT2D eigenvalue weighted by molar-refractivity contribution is 9.10. The first-order chi connectivity index (χ1) is 13.1. The van der Waals surface area contributed by atoms with E-state index in [0.717, 1.165) is 15.8 Å². The molecule has 0 amide bonds. The van der Waals surface area contributed by atoms with Crippen molar-refractivity contribution in [3.63, 3.8) is 0 Å². The summed E-state index contributed by atoms with van der Waals surface area (Å²) in [6.45, 7) is 0. The first-order valence-corrected chi connectivity index (χ1v) is 9.06. The lowest BCUT2D eigenvalue weighted by Crippen LogP contribution is -2.00. The van der Waals surface area contributed by atoms with Crippen molar-refractivity contribution in [3.05, 3.63) is 88.2 Å². The largest absolute Gasteiger partial charge is 0.478 e. The number of para-hydroxylation sites is 1. The molecule has 0 fully saturated rings. The lowest BCUT2D eigenvalue weighted by Gasteiger charge is -2.03. The first kappa shape index (κ1) is 17.2. The number of rotatable bonds is 4. The molecule has 0 radical (unpaired) electrons. The Morgan fingerprint density at radius 3 is 2.56 bits per heavy atom. The van der Waals surface area contributed by atoms with Gasteiger partial charge >= 0.3 is 5.97 Å². The summed E-state index contributed by atoms with van der Waals surface area (Å²) >= 11 is 3.42. The van der Waals surface area contributed by atoms with Gasteiger partial charge in [-0.3, -0.25) is 0 Å². The second-order valence-corrected chi connectivity index (χ2v) is 6.87. The predicted molar refractivity (Wildman–Crippen MR) is 109 cm³/mol. The second-order valence-electron chi connectivity index (χ2n) is 5.96. The molecule has 0 saturated carbocycles. The summed E-state index contributed by atoms with van der Waals surface area (Å²) < 4.78 is 6.86. The molecule has 2 heterocycles. The maximum absolute atomic E-state index is 11.6. The van der Waals surface area contributed by atoms with E-state index in [9.17, 15) is 9.90 Å². The fourth-order valence-electron chi connectivity index (χ4n) is 2.84. The van der Waals surface area contributed by atoms with Gasteiger partial charge in [0.05, 0.1) is 16.8 Å². The molecular formula is C22H14BrNO3. The Balaban J connectivity index is 1.65. The number of halogens is 1. The summed E-state index contributed by atoms with van der Waals surface area (Å²) in [5.41, 5.74) is 2.42. The number of hydrogen-bond acceptors (Lipinski definition) is 3. The van der Waals surface area contributed by atoms with Crippen LogP contribution >= 0.6 is 15.9 Å². The molecule has 4 aromatic rings. The van der Waals surface area contributed by atoms with Gasteiger partial charge in [-0.15, -0.1) is 0 Å². The van der Waals surface area contributed by atoms with E-state index in [1.54, 1.807) is 36.4 Å². The van der Waals surface area contributed by atoms with Gasteiger partial charge < -0.3 is 9.52 Å². The van der Waals surface area contributed by atoms with E-state index in [1.807, 2.05) is 42.5 Å². The van der Waals surface area contributed by atoms with Crippen molar-refractivity contribution in [1.29, 1.82) is 0 Å². The van der Waals surface area contributed by atoms with Crippen molar-refractivity contribution in [1.82, 2.24) is 4.98 Å². The number of nitrogens with zero attached hydrogens (tertiary/aromatic N) is 1. The topological polar surface area (TPSA) is 63.3 Å². The fraction of sp³-hybridized carbons (Fsp3) is 0. The SMILES string of the molecule is O=C(O)c1cc(C=Cc2ccc(-c3ccc(Br)cc3)o2)nc2ccccc12. The number of pyridine rings is 1. The number of carboxylic acids is 1. The standard InChI is InChI=1S/C22H14BrNO3/c23-15-7-5-14(6-8-15)21-12-11-17(27-21)10-9-16-13-19(22(25)26)18-3-1-2-4-20(18)24-16/h1-13H,(H,25,26). The molecule has 0 spiro atoms. The third-order valence-corrected chi connectivity index (χ3v) is 4.67. The molecule has 0 aliphatic heterocycles. The van der Waals surface area contributed by atoms with E-state index in [1.165, 1.54) is 0 Å². The summed E-state index contributed by atoms with van der Waals surface area (Å²) in [5, 5.41) is 10.1. The molecule has 2 aromatic carbocycles. The van der Waals surface area contributed by atoms with Crippen LogP contribution in [0, 0.1) is 0 Å². The molecule has 0 aliphatic carbocycles. The number of hydrogen-bond donors (Lipinski definition) is 1. The van der Waals surface area contributed by atoms with Crippen LogP contribution in [0.15, 0.2) is 75.6 Å². The van der Waals surface area contributed by atoms with Crippen LogP contribution in [0.25, 0.3) is 34.4 Å². The number of carboxylic acid groups (broad SMARTS) is 1. The van der Waals surface area contributed by atoms with Crippen LogP contribution in [0.4, 0.5) is 0 Å². The van der Waals surface area contributed by atoms with Gasteiger partial charge in [-0.05, 0) is 48.6 Å². The summed E-state index contributed by atoms with van der Waals surface area (Å²) in [4.78, 5) is 16.1. The Kier molecular flexibility index (Phi) is 4.60. The summed E-state index contributed by atoms with van der Waals surface area (Å²) in [6.07, 6.45) is 3.54. The Hall–Kier alpha value is -3.18. The van der Waals surface area contributed by atoms with Crippen molar-refractivity contribution in [2.75, 3.05) is 0 Å². The number of aromatic nitrogens is 1. The minimum atomic E-state index is -0.973. The quantitative estimate of drug-likeness (QED) is 0.432. The average Bonchev–Trinajstić information content (AvgIpc) is 3.15. The van der Waals surface area contributed by atoms with E-state index >= 15 is 0 Å². The van der Waals surface area contributed by atoms with Crippen LogP contribution < -0.4 is 0 Å². The number of furan rings is 1. The second kappa shape index (κ2) is 7.21. The normalized spacial score (nSPS) is 11.3. The Bertz CT molecular complexity index is 1160. The van der Waals surface area contributed by atoms with Crippen LogP contribution in [0.2, 0.25) is 0 Å². The van der Waals surface area contributed by atoms with Gasteiger partial charge in [-0.25, -0.2) is 9.78 Å². The van der Waals surface area contributed by atoms with Crippen LogP contribution in [0.5, 0.6) is 0 Å². The van der Waals surface area contributed by atoms with Crippen LogP contribution in [-0.2, 0) is 0 Å². The van der Waals surface area contributed by atoms with Crippen molar-refractivity contribution in [2.24, 2.45) is 0 Å². The number of benzene rings is 2. The smallest absolute Gasteiger partial charge is 0.336 e. The van der Waals surface area contributed by atoms with E-state index in [2.05, 4.69) is 20.9 Å². The van der Waals surface area contributed by atoms with E-state index < -0.39 is 5.97 Å². The highest BCUT2D eigenvalue weighted by Gasteiger charge is 2.10. The Morgan fingerprint density at radius 1 is 1.00 bits per heavy atom. The minimum Gasteiger partial charge on any atom is -0.478 e. The third-order valence-electron chi connectivity index (χ3n) is 4.14. The van der Waals surface area contributed by atoms with E-state index in [0.29, 0.717) is 22.4 Å². The average molecular weight is 420 g/mol. The van der Waals surface area contributed by atoms with Gasteiger partial charge in [0, 0.05) is 15.4 Å². The third kappa shape index (κ3) is 3.68. The highest BCUT2D eigenvalue weighted by Crippen LogP contribution is 2.25. The van der Waals surface area contributed by atoms with Gasteiger partial charge in [0.15, 0.2) is 0 Å². The first-order valence-electron chi connectivity index (χ1n) is 8.27. The Labute approximate surface area is 163 Å². The predicted octanol–water partition coefficient (Wildman–Crippen LogP) is 6.13. The van der Waals surface area contributed by atoms with Crippen LogP contribution in [-0.4, -0.2) is 16.1 Å². The van der Waals surface area contributed by atoms with Gasteiger partial charge in [0.25, 0.3) is 0 Å². The summed E-state index contributed by atoms with van der Waals surface area (Å²) in [6, 6.07) is 20.4. The molecule has 0 atom stereocenters. The molecule has 4 rings (SSSR count). The van der Waals surface area contributed by atoms with Crippen molar-refractivity contribution < 1.29 is 14.3 Å². The maximum atomic E-state index is 11.6. The van der Waals surface area contributed by atoms with E-state index in [-0.39, 0.29) is 5.56 Å². The molecule has 2 aromatic heterocycles. The van der Waals surface area contributed by atoms with Crippen molar-refractivity contribution in [2.45, 2.75) is 0 Å². The monoisotopic (exact) mass is 419 g/mol. The molecule has 132 valence electrons. The number of aromatic carboxylic acids is 1. The summed E-state index contributed by atoms with van der Waals surface area (Å²) in [7, 11) is 0. The Morgan fingerprint density at radius 2 is 1.78 bits per heavy atom. The molecule has 0 aliphatic rings. The van der Waals surface area contributed by atoms with Crippen LogP contribution in [0.3, 0.4) is 0 Å². The molecule has 4 nitrogen and oxygen atoms in total. The molecule has 0 saturated heterocycles. The lowest BCUT2D eigenvalue weighted by atomic mass is 10.1. The fourth-order valence-corrected chi connectivity index (χ4v) is 3.10. The zero-order valence-electron chi connectivity index (χ0n) is 14.1. The lowest BCUT2D eigenvalue weighted by molar-refractivity contribution is 0.0699. The zero-order chi connectivity index (χ0) is 18.8. The molecular weight excluding hydrogens is 406 g/mol. The molecule has 0 unspecified atom stereocenters.